The van der Waals surface area contributed by atoms with Crippen LogP contribution < -0.4 is 0 Å². The summed E-state index contributed by atoms with van der Waals surface area (Å²) in [6, 6.07) is 62.0. The van der Waals surface area contributed by atoms with Crippen molar-refractivity contribution < 1.29 is 20.1 Å². The summed E-state index contributed by atoms with van der Waals surface area (Å²) in [5, 5.41) is 7.31. The second kappa shape index (κ2) is 16.3. The molecule has 0 saturated carbocycles. The summed E-state index contributed by atoms with van der Waals surface area (Å²) in [7, 11) is 0. The zero-order valence-corrected chi connectivity index (χ0v) is 29.1. The minimum absolute atomic E-state index is 0. The van der Waals surface area contributed by atoms with Crippen molar-refractivity contribution in [3.05, 3.63) is 201 Å². The largest absolute Gasteiger partial charge is 0.256 e. The molecule has 9 aromatic rings. The van der Waals surface area contributed by atoms with Crippen LogP contribution in [0.1, 0.15) is 0 Å². The van der Waals surface area contributed by atoms with Crippen molar-refractivity contribution in [2.75, 3.05) is 0 Å². The van der Waals surface area contributed by atoms with Gasteiger partial charge in [0.1, 0.15) is 0 Å². The fourth-order valence-corrected chi connectivity index (χ4v) is 5.84. The smallest absolute Gasteiger partial charge is 0.0780 e. The van der Waals surface area contributed by atoms with Crippen LogP contribution in [0.3, 0.4) is 0 Å². The second-order valence-electron chi connectivity index (χ2n) is 11.2. The van der Waals surface area contributed by atoms with Gasteiger partial charge >= 0.3 is 0 Å². The molecule has 0 aliphatic rings. The summed E-state index contributed by atoms with van der Waals surface area (Å²) in [6.45, 7) is 0. The Balaban J connectivity index is 0.000000126. The molecule has 0 atom stereocenters. The van der Waals surface area contributed by atoms with Crippen molar-refractivity contribution in [1.29, 1.82) is 0 Å². The Kier molecular flexibility index (Phi) is 11.0. The first kappa shape index (κ1) is 33.1. The van der Waals surface area contributed by atoms with E-state index in [-0.39, 0.29) is 20.1 Å². The van der Waals surface area contributed by atoms with Crippen LogP contribution in [0.4, 0.5) is 0 Å². The fraction of sp³-hybridized carbons (Fsp3) is 0. The van der Waals surface area contributed by atoms with Gasteiger partial charge in [-0.05, 0) is 34.4 Å². The molecule has 4 heteroatoms. The van der Waals surface area contributed by atoms with Gasteiger partial charge in [-0.15, -0.1) is 0 Å². The molecule has 3 heterocycles. The average Bonchev–Trinajstić information content (AvgIpc) is 3.19. The van der Waals surface area contributed by atoms with E-state index in [1.165, 1.54) is 49.0 Å². The van der Waals surface area contributed by atoms with Gasteiger partial charge in [-0.1, -0.05) is 164 Å². The molecule has 0 N–H and O–H groups in total. The van der Waals surface area contributed by atoms with Gasteiger partial charge in [-0.25, -0.2) is 0 Å². The van der Waals surface area contributed by atoms with Crippen LogP contribution in [0, 0.1) is 0 Å². The third-order valence-electron chi connectivity index (χ3n) is 8.16. The SMILES string of the molecule is [Ir].c1ccc(-c2nccc3ccccc23)cc1.c1ccc(-c2nccc3ccccc23)cc1.c1ccc(-c2nccc3ccccc23)cc1. The third kappa shape index (κ3) is 7.85. The molecule has 0 amide bonds. The van der Waals surface area contributed by atoms with Crippen molar-refractivity contribution in [2.24, 2.45) is 0 Å². The molecular weight excluding hydrogens is 775 g/mol. The number of benzene rings is 6. The first-order valence-corrected chi connectivity index (χ1v) is 16.0. The predicted octanol–water partition coefficient (Wildman–Crippen LogP) is 11.7. The van der Waals surface area contributed by atoms with Crippen molar-refractivity contribution in [3.63, 3.8) is 0 Å². The van der Waals surface area contributed by atoms with Gasteiger partial charge in [-0.3, -0.25) is 15.0 Å². The first-order chi connectivity index (χ1) is 23.8. The van der Waals surface area contributed by atoms with E-state index >= 15 is 0 Å². The van der Waals surface area contributed by atoms with Gasteiger partial charge in [0.05, 0.1) is 17.1 Å². The maximum absolute atomic E-state index is 4.48. The molecule has 0 unspecified atom stereocenters. The molecule has 9 rings (SSSR count). The van der Waals surface area contributed by atoms with Gasteiger partial charge in [0.25, 0.3) is 0 Å². The van der Waals surface area contributed by atoms with E-state index in [0.29, 0.717) is 0 Å². The molecule has 6 aromatic carbocycles. The number of pyridine rings is 3. The Morgan fingerprint density at radius 1 is 0.245 bits per heavy atom. The Morgan fingerprint density at radius 3 is 0.776 bits per heavy atom. The van der Waals surface area contributed by atoms with Crippen molar-refractivity contribution in [2.45, 2.75) is 0 Å². The Morgan fingerprint density at radius 2 is 0.490 bits per heavy atom. The monoisotopic (exact) mass is 808 g/mol. The van der Waals surface area contributed by atoms with Crippen LogP contribution in [0.25, 0.3) is 66.1 Å². The summed E-state index contributed by atoms with van der Waals surface area (Å²) >= 11 is 0. The maximum atomic E-state index is 4.48. The van der Waals surface area contributed by atoms with Gasteiger partial charge in [0, 0.05) is 71.5 Å². The van der Waals surface area contributed by atoms with Crippen LogP contribution in [-0.4, -0.2) is 15.0 Å². The van der Waals surface area contributed by atoms with Gasteiger partial charge in [0.2, 0.25) is 0 Å². The Hall–Kier alpha value is -5.80. The molecule has 0 saturated heterocycles. The Labute approximate surface area is 300 Å². The standard InChI is InChI=1S/3C15H11N.Ir/c3*1-2-7-13(8-3-1)15-14-9-5-4-6-12(14)10-11-16-15;/h3*1-11H;. The van der Waals surface area contributed by atoms with E-state index in [4.69, 9.17) is 0 Å². The van der Waals surface area contributed by atoms with Crippen molar-refractivity contribution >= 4 is 32.3 Å². The average molecular weight is 808 g/mol. The van der Waals surface area contributed by atoms with E-state index in [1.54, 1.807) is 0 Å². The zero-order valence-electron chi connectivity index (χ0n) is 26.7. The van der Waals surface area contributed by atoms with Gasteiger partial charge in [-0.2, -0.15) is 0 Å². The maximum Gasteiger partial charge on any atom is 0.0780 e. The minimum Gasteiger partial charge on any atom is -0.256 e. The van der Waals surface area contributed by atoms with Gasteiger partial charge < -0.3 is 0 Å². The van der Waals surface area contributed by atoms with E-state index in [1.807, 2.05) is 91.4 Å². The first-order valence-electron chi connectivity index (χ1n) is 16.0. The summed E-state index contributed by atoms with van der Waals surface area (Å²) in [6.07, 6.45) is 5.60. The van der Waals surface area contributed by atoms with E-state index in [0.717, 1.165) is 17.1 Å². The predicted molar refractivity (Wildman–Crippen MR) is 202 cm³/mol. The topological polar surface area (TPSA) is 38.7 Å². The van der Waals surface area contributed by atoms with Crippen LogP contribution >= 0.6 is 0 Å². The van der Waals surface area contributed by atoms with Crippen LogP contribution in [0.2, 0.25) is 0 Å². The molecule has 1 radical (unpaired) electrons. The number of nitrogens with zero attached hydrogens (tertiary/aromatic N) is 3. The molecule has 0 fully saturated rings. The molecule has 0 aliphatic heterocycles. The van der Waals surface area contributed by atoms with E-state index in [2.05, 4.69) is 124 Å². The number of hydrogen-bond acceptors (Lipinski definition) is 3. The van der Waals surface area contributed by atoms with Gasteiger partial charge in [0.15, 0.2) is 0 Å². The summed E-state index contributed by atoms with van der Waals surface area (Å²) in [4.78, 5) is 13.4. The summed E-state index contributed by atoms with van der Waals surface area (Å²) < 4.78 is 0. The quantitative estimate of drug-likeness (QED) is 0.178. The molecule has 237 valence electrons. The molecule has 49 heavy (non-hydrogen) atoms. The molecule has 3 aromatic heterocycles. The third-order valence-corrected chi connectivity index (χ3v) is 8.16. The number of hydrogen-bond donors (Lipinski definition) is 0. The number of rotatable bonds is 3. The molecule has 0 spiro atoms. The summed E-state index contributed by atoms with van der Waals surface area (Å²) in [5.41, 5.74) is 6.66. The number of fused-ring (bicyclic) bond motifs is 3. The van der Waals surface area contributed by atoms with Crippen LogP contribution in [0.15, 0.2) is 201 Å². The number of aromatic nitrogens is 3. The molecule has 3 nitrogen and oxygen atoms in total. The summed E-state index contributed by atoms with van der Waals surface area (Å²) in [5.74, 6) is 0. The van der Waals surface area contributed by atoms with Crippen molar-refractivity contribution in [3.8, 4) is 33.8 Å². The molecule has 0 aliphatic carbocycles. The second-order valence-corrected chi connectivity index (χ2v) is 11.2. The van der Waals surface area contributed by atoms with Crippen molar-refractivity contribution in [1.82, 2.24) is 15.0 Å². The molecule has 0 bridgehead atoms. The zero-order chi connectivity index (χ0) is 32.4. The van der Waals surface area contributed by atoms with Crippen LogP contribution in [0.5, 0.6) is 0 Å². The fourth-order valence-electron chi connectivity index (χ4n) is 5.84. The van der Waals surface area contributed by atoms with Crippen LogP contribution in [-0.2, 0) is 20.1 Å². The van der Waals surface area contributed by atoms with E-state index < -0.39 is 0 Å². The van der Waals surface area contributed by atoms with E-state index in [9.17, 15) is 0 Å². The minimum atomic E-state index is 0. The normalized spacial score (nSPS) is 10.3. The Bertz CT molecular complexity index is 2110. The molecular formula is C45H33IrN3.